The van der Waals surface area contributed by atoms with Crippen LogP contribution in [0.15, 0.2) is 18.2 Å². The molecule has 0 bridgehead atoms. The molecular weight excluding hydrogens is 238 g/mol. The summed E-state index contributed by atoms with van der Waals surface area (Å²) in [5, 5.41) is 3.56. The summed E-state index contributed by atoms with van der Waals surface area (Å²) in [5.41, 5.74) is 1.24. The van der Waals surface area contributed by atoms with E-state index in [1.165, 1.54) is 24.8 Å². The number of methoxy groups -OCH3 is 2. The summed E-state index contributed by atoms with van der Waals surface area (Å²) in [5.74, 6) is 3.36. The molecule has 0 aromatic heterocycles. The third kappa shape index (κ3) is 3.87. The van der Waals surface area contributed by atoms with Crippen molar-refractivity contribution in [1.82, 2.24) is 5.32 Å². The summed E-state index contributed by atoms with van der Waals surface area (Å²) < 4.78 is 10.6. The molecule has 1 aliphatic rings. The normalized spacial score (nSPS) is 22.5. The third-order valence-electron chi connectivity index (χ3n) is 4.01. The minimum absolute atomic E-state index is 0.788. The number of benzene rings is 1. The van der Waals surface area contributed by atoms with Crippen LogP contribution in [0.3, 0.4) is 0 Å². The first-order chi connectivity index (χ1) is 9.22. The van der Waals surface area contributed by atoms with Crippen LogP contribution in [0.1, 0.15) is 31.7 Å². The van der Waals surface area contributed by atoms with E-state index in [0.29, 0.717) is 0 Å². The fraction of sp³-hybridized carbons (Fsp3) is 0.625. The van der Waals surface area contributed by atoms with Gasteiger partial charge < -0.3 is 14.8 Å². The van der Waals surface area contributed by atoms with Crippen molar-refractivity contribution in [3.05, 3.63) is 23.8 Å². The van der Waals surface area contributed by atoms with Crippen LogP contribution in [0.25, 0.3) is 0 Å². The van der Waals surface area contributed by atoms with Gasteiger partial charge in [-0.1, -0.05) is 19.4 Å². The highest BCUT2D eigenvalue weighted by Gasteiger charge is 2.20. The van der Waals surface area contributed by atoms with Gasteiger partial charge in [0.1, 0.15) is 0 Å². The number of rotatable bonds is 6. The van der Waals surface area contributed by atoms with E-state index in [1.807, 2.05) is 12.1 Å². The van der Waals surface area contributed by atoms with Crippen molar-refractivity contribution in [2.24, 2.45) is 11.8 Å². The second kappa shape index (κ2) is 6.80. The monoisotopic (exact) mass is 263 g/mol. The molecule has 106 valence electrons. The first-order valence-corrected chi connectivity index (χ1v) is 7.14. The van der Waals surface area contributed by atoms with Crippen LogP contribution in [0.2, 0.25) is 0 Å². The molecule has 2 atom stereocenters. The lowest BCUT2D eigenvalue weighted by atomic mass is 10.1. The summed E-state index contributed by atoms with van der Waals surface area (Å²) in [6.45, 7) is 4.37. The minimum atomic E-state index is 0.788. The average Bonchev–Trinajstić information content (AvgIpc) is 2.84. The van der Waals surface area contributed by atoms with E-state index in [9.17, 15) is 0 Å². The second-order valence-corrected chi connectivity index (χ2v) is 5.60. The van der Waals surface area contributed by atoms with Crippen LogP contribution in [0.4, 0.5) is 0 Å². The minimum Gasteiger partial charge on any atom is -0.493 e. The Balaban J connectivity index is 1.82. The Morgan fingerprint density at radius 2 is 1.95 bits per heavy atom. The Labute approximate surface area is 116 Å². The maximum absolute atomic E-state index is 5.32. The van der Waals surface area contributed by atoms with Gasteiger partial charge in [0, 0.05) is 6.54 Å². The molecule has 0 radical (unpaired) electrons. The topological polar surface area (TPSA) is 30.5 Å². The Hall–Kier alpha value is -1.22. The van der Waals surface area contributed by atoms with Crippen LogP contribution in [0, 0.1) is 11.8 Å². The van der Waals surface area contributed by atoms with Gasteiger partial charge in [0.05, 0.1) is 14.2 Å². The van der Waals surface area contributed by atoms with Gasteiger partial charge in [-0.25, -0.2) is 0 Å². The van der Waals surface area contributed by atoms with E-state index in [4.69, 9.17) is 9.47 Å². The SMILES string of the molecule is COc1ccc(CNCC2CCC(C)C2)cc1OC. The van der Waals surface area contributed by atoms with Crippen LogP contribution in [-0.2, 0) is 6.54 Å². The molecule has 2 unspecified atom stereocenters. The lowest BCUT2D eigenvalue weighted by Gasteiger charge is -2.13. The first-order valence-electron chi connectivity index (χ1n) is 7.14. The molecule has 0 aliphatic heterocycles. The number of ether oxygens (including phenoxy) is 2. The summed E-state index contributed by atoms with van der Waals surface area (Å²) in [6.07, 6.45) is 4.14. The van der Waals surface area contributed by atoms with E-state index < -0.39 is 0 Å². The van der Waals surface area contributed by atoms with Crippen molar-refractivity contribution < 1.29 is 9.47 Å². The number of hydrogen-bond donors (Lipinski definition) is 1. The molecule has 1 aromatic rings. The van der Waals surface area contributed by atoms with Gasteiger partial charge in [0.2, 0.25) is 0 Å². The molecule has 1 fully saturated rings. The van der Waals surface area contributed by atoms with E-state index in [-0.39, 0.29) is 0 Å². The fourth-order valence-electron chi connectivity index (χ4n) is 2.92. The first kappa shape index (κ1) is 14.2. The van der Waals surface area contributed by atoms with Crippen molar-refractivity contribution in [3.63, 3.8) is 0 Å². The van der Waals surface area contributed by atoms with Gasteiger partial charge in [0.15, 0.2) is 11.5 Å². The quantitative estimate of drug-likeness (QED) is 0.854. The van der Waals surface area contributed by atoms with Crippen molar-refractivity contribution in [1.29, 1.82) is 0 Å². The van der Waals surface area contributed by atoms with Crippen molar-refractivity contribution in [3.8, 4) is 11.5 Å². The highest BCUT2D eigenvalue weighted by atomic mass is 16.5. The third-order valence-corrected chi connectivity index (χ3v) is 4.01. The summed E-state index contributed by atoms with van der Waals surface area (Å²) >= 11 is 0. The Morgan fingerprint density at radius 3 is 2.58 bits per heavy atom. The fourth-order valence-corrected chi connectivity index (χ4v) is 2.92. The summed E-state index contributed by atoms with van der Waals surface area (Å²) in [7, 11) is 3.34. The van der Waals surface area contributed by atoms with E-state index >= 15 is 0 Å². The van der Waals surface area contributed by atoms with Crippen molar-refractivity contribution in [2.45, 2.75) is 32.7 Å². The van der Waals surface area contributed by atoms with E-state index in [2.05, 4.69) is 18.3 Å². The van der Waals surface area contributed by atoms with Gasteiger partial charge >= 0.3 is 0 Å². The molecule has 0 heterocycles. The zero-order chi connectivity index (χ0) is 13.7. The molecular formula is C16H25NO2. The van der Waals surface area contributed by atoms with Gasteiger partial charge in [0.25, 0.3) is 0 Å². The Morgan fingerprint density at radius 1 is 1.16 bits per heavy atom. The van der Waals surface area contributed by atoms with Crippen molar-refractivity contribution >= 4 is 0 Å². The maximum atomic E-state index is 5.32. The lowest BCUT2D eigenvalue weighted by Crippen LogP contribution is -2.21. The van der Waals surface area contributed by atoms with Crippen LogP contribution < -0.4 is 14.8 Å². The van der Waals surface area contributed by atoms with Gasteiger partial charge in [-0.15, -0.1) is 0 Å². The molecule has 1 N–H and O–H groups in total. The molecule has 3 nitrogen and oxygen atoms in total. The van der Waals surface area contributed by atoms with Crippen LogP contribution >= 0.6 is 0 Å². The smallest absolute Gasteiger partial charge is 0.161 e. The molecule has 1 saturated carbocycles. The molecule has 0 spiro atoms. The maximum Gasteiger partial charge on any atom is 0.161 e. The molecule has 2 rings (SSSR count). The zero-order valence-electron chi connectivity index (χ0n) is 12.2. The van der Waals surface area contributed by atoms with Gasteiger partial charge in [-0.05, 0) is 48.9 Å². The lowest BCUT2D eigenvalue weighted by molar-refractivity contribution is 0.354. The van der Waals surface area contributed by atoms with Crippen LogP contribution in [-0.4, -0.2) is 20.8 Å². The summed E-state index contributed by atoms with van der Waals surface area (Å²) in [4.78, 5) is 0. The van der Waals surface area contributed by atoms with Gasteiger partial charge in [-0.3, -0.25) is 0 Å². The Bertz CT molecular complexity index is 406. The second-order valence-electron chi connectivity index (χ2n) is 5.60. The van der Waals surface area contributed by atoms with Crippen molar-refractivity contribution in [2.75, 3.05) is 20.8 Å². The molecule has 0 amide bonds. The van der Waals surface area contributed by atoms with E-state index in [1.54, 1.807) is 14.2 Å². The molecule has 1 aromatic carbocycles. The predicted molar refractivity (Wildman–Crippen MR) is 77.8 cm³/mol. The molecule has 1 aliphatic carbocycles. The number of nitrogens with one attached hydrogen (secondary N) is 1. The zero-order valence-corrected chi connectivity index (χ0v) is 12.2. The standard InChI is InChI=1S/C16H25NO2/c1-12-4-5-13(8-12)10-17-11-14-6-7-15(18-2)16(9-14)19-3/h6-7,9,12-13,17H,4-5,8,10-11H2,1-3H3. The highest BCUT2D eigenvalue weighted by molar-refractivity contribution is 5.42. The summed E-state index contributed by atoms with van der Waals surface area (Å²) in [6, 6.07) is 6.10. The molecule has 0 saturated heterocycles. The molecule has 19 heavy (non-hydrogen) atoms. The van der Waals surface area contributed by atoms with Gasteiger partial charge in [-0.2, -0.15) is 0 Å². The largest absolute Gasteiger partial charge is 0.493 e. The van der Waals surface area contributed by atoms with E-state index in [0.717, 1.165) is 36.4 Å². The molecule has 3 heteroatoms. The van der Waals surface area contributed by atoms with Crippen LogP contribution in [0.5, 0.6) is 11.5 Å². The average molecular weight is 263 g/mol. The Kier molecular flexibility index (Phi) is 5.08. The number of hydrogen-bond acceptors (Lipinski definition) is 3. The predicted octanol–water partition coefficient (Wildman–Crippen LogP) is 3.23. The highest BCUT2D eigenvalue weighted by Crippen LogP contribution is 2.30.